The van der Waals surface area contributed by atoms with Crippen LogP contribution in [0, 0.1) is 0 Å². The first-order chi connectivity index (χ1) is 19.7. The summed E-state index contributed by atoms with van der Waals surface area (Å²) in [4.78, 5) is 11.8. The second kappa shape index (κ2) is 34.6. The first-order valence-corrected chi connectivity index (χ1v) is 18.1. The van der Waals surface area contributed by atoms with Crippen molar-refractivity contribution in [3.63, 3.8) is 0 Å². The molecular formula is C36H72O4. The van der Waals surface area contributed by atoms with Gasteiger partial charge in [-0.2, -0.15) is 0 Å². The van der Waals surface area contributed by atoms with Crippen LogP contribution in [0.5, 0.6) is 0 Å². The van der Waals surface area contributed by atoms with Crippen LogP contribution < -0.4 is 0 Å². The lowest BCUT2D eigenvalue weighted by molar-refractivity contribution is -0.154. The Bertz CT molecular complexity index is 481. The maximum absolute atomic E-state index is 11.8. The third-order valence-corrected chi connectivity index (χ3v) is 8.18. The van der Waals surface area contributed by atoms with E-state index < -0.39 is 6.10 Å². The number of rotatable bonds is 34. The maximum atomic E-state index is 11.8. The summed E-state index contributed by atoms with van der Waals surface area (Å²) in [6.07, 6.45) is 37.7. The second-order valence-electron chi connectivity index (χ2n) is 12.3. The highest BCUT2D eigenvalue weighted by atomic mass is 16.6. The van der Waals surface area contributed by atoms with Crippen LogP contribution in [0.1, 0.15) is 200 Å². The fraction of sp³-hybridized carbons (Fsp3) is 0.972. The number of hydrogen-bond donors (Lipinski definition) is 1. The van der Waals surface area contributed by atoms with E-state index in [1.165, 1.54) is 148 Å². The van der Waals surface area contributed by atoms with E-state index in [1.54, 1.807) is 0 Å². The molecule has 240 valence electrons. The Balaban J connectivity index is 3.23. The Hall–Kier alpha value is -0.610. The van der Waals surface area contributed by atoms with E-state index >= 15 is 0 Å². The quantitative estimate of drug-likeness (QED) is 0.0619. The molecule has 0 aliphatic carbocycles. The van der Waals surface area contributed by atoms with Crippen LogP contribution in [-0.4, -0.2) is 37.0 Å². The second-order valence-corrected chi connectivity index (χ2v) is 12.3. The van der Waals surface area contributed by atoms with E-state index in [-0.39, 0.29) is 12.6 Å². The van der Waals surface area contributed by atoms with E-state index in [2.05, 4.69) is 13.8 Å². The molecule has 4 heteroatoms. The molecule has 0 aliphatic rings. The van der Waals surface area contributed by atoms with E-state index in [9.17, 15) is 9.90 Å². The number of carbonyl (C=O) groups excluding carboxylic acids is 1. The van der Waals surface area contributed by atoms with Crippen LogP contribution in [0.2, 0.25) is 0 Å². The van der Waals surface area contributed by atoms with Gasteiger partial charge in [-0.15, -0.1) is 0 Å². The van der Waals surface area contributed by atoms with E-state index in [1.807, 2.05) is 0 Å². The minimum Gasteiger partial charge on any atom is -0.457 e. The molecule has 4 nitrogen and oxygen atoms in total. The van der Waals surface area contributed by atoms with Gasteiger partial charge in [-0.05, 0) is 12.8 Å². The number of unbranched alkanes of at least 4 members (excludes halogenated alkanes) is 26. The third-order valence-electron chi connectivity index (χ3n) is 8.18. The predicted molar refractivity (Wildman–Crippen MR) is 173 cm³/mol. The molecule has 0 aromatic heterocycles. The Morgan fingerprint density at radius 1 is 0.500 bits per heavy atom. The molecule has 0 fully saturated rings. The van der Waals surface area contributed by atoms with Gasteiger partial charge in [0.25, 0.3) is 0 Å². The summed E-state index contributed by atoms with van der Waals surface area (Å²) < 4.78 is 11.0. The average molecular weight is 569 g/mol. The van der Waals surface area contributed by atoms with Gasteiger partial charge in [0.2, 0.25) is 0 Å². The molecule has 0 saturated heterocycles. The monoisotopic (exact) mass is 569 g/mol. The molecule has 0 spiro atoms. The predicted octanol–water partition coefficient (Wildman–Crippen LogP) is 11.3. The lowest BCUT2D eigenvalue weighted by atomic mass is 10.0. The van der Waals surface area contributed by atoms with Crippen LogP contribution in [0.25, 0.3) is 0 Å². The molecule has 40 heavy (non-hydrogen) atoms. The van der Waals surface area contributed by atoms with Crippen molar-refractivity contribution < 1.29 is 19.4 Å². The minimum atomic E-state index is -0.520. The third kappa shape index (κ3) is 31.9. The van der Waals surface area contributed by atoms with E-state index in [0.29, 0.717) is 19.6 Å². The van der Waals surface area contributed by atoms with Crippen LogP contribution in [0.3, 0.4) is 0 Å². The molecule has 0 bridgehead atoms. The fourth-order valence-corrected chi connectivity index (χ4v) is 5.45. The number of ether oxygens (including phenoxy) is 2. The zero-order valence-electron chi connectivity index (χ0n) is 27.4. The first kappa shape index (κ1) is 39.4. The zero-order valence-corrected chi connectivity index (χ0v) is 27.4. The number of aliphatic hydroxyl groups is 1. The normalized spacial score (nSPS) is 12.2. The van der Waals surface area contributed by atoms with Crippen LogP contribution in [-0.2, 0) is 14.3 Å². The molecule has 0 aromatic carbocycles. The van der Waals surface area contributed by atoms with Gasteiger partial charge in [0, 0.05) is 13.0 Å². The molecule has 0 rings (SSSR count). The molecule has 1 unspecified atom stereocenters. The standard InChI is InChI=1S/C36H72O4/c1-3-5-7-9-10-11-12-13-14-15-16-17-18-19-20-21-22-23-24-25-26-27-28-30-32-39-34-35(33-37)40-36(38)31-29-8-6-4-2/h35,37H,3-34H2,1-2H3. The van der Waals surface area contributed by atoms with Gasteiger partial charge >= 0.3 is 5.97 Å². The Morgan fingerprint density at radius 2 is 0.825 bits per heavy atom. The zero-order chi connectivity index (χ0) is 29.2. The highest BCUT2D eigenvalue weighted by Crippen LogP contribution is 2.15. The van der Waals surface area contributed by atoms with Gasteiger partial charge in [0.05, 0.1) is 13.2 Å². The lowest BCUT2D eigenvalue weighted by Crippen LogP contribution is -2.27. The molecular weight excluding hydrogens is 496 g/mol. The van der Waals surface area contributed by atoms with Gasteiger partial charge in [0.1, 0.15) is 6.10 Å². The van der Waals surface area contributed by atoms with Gasteiger partial charge in [-0.3, -0.25) is 4.79 Å². The van der Waals surface area contributed by atoms with Crippen molar-refractivity contribution in [1.29, 1.82) is 0 Å². The van der Waals surface area contributed by atoms with Crippen molar-refractivity contribution in [2.75, 3.05) is 19.8 Å². The van der Waals surface area contributed by atoms with Crippen molar-refractivity contribution >= 4 is 5.97 Å². The van der Waals surface area contributed by atoms with Crippen LogP contribution in [0.4, 0.5) is 0 Å². The number of aliphatic hydroxyl groups excluding tert-OH is 1. The van der Waals surface area contributed by atoms with Crippen molar-refractivity contribution in [3.8, 4) is 0 Å². The van der Waals surface area contributed by atoms with Crippen molar-refractivity contribution in [2.24, 2.45) is 0 Å². The fourth-order valence-electron chi connectivity index (χ4n) is 5.45. The lowest BCUT2D eigenvalue weighted by Gasteiger charge is -2.15. The summed E-state index contributed by atoms with van der Waals surface area (Å²) in [5.41, 5.74) is 0. The summed E-state index contributed by atoms with van der Waals surface area (Å²) >= 11 is 0. The number of carbonyl (C=O) groups is 1. The van der Waals surface area contributed by atoms with Gasteiger partial charge in [0.15, 0.2) is 0 Å². The Labute approximate surface area is 251 Å². The number of hydrogen-bond acceptors (Lipinski definition) is 4. The summed E-state index contributed by atoms with van der Waals surface area (Å²) in [5.74, 6) is -0.214. The van der Waals surface area contributed by atoms with Crippen LogP contribution in [0.15, 0.2) is 0 Å². The maximum Gasteiger partial charge on any atom is 0.306 e. The summed E-state index contributed by atoms with van der Waals surface area (Å²) in [6, 6.07) is 0. The highest BCUT2D eigenvalue weighted by Gasteiger charge is 2.13. The molecule has 1 atom stereocenters. The summed E-state index contributed by atoms with van der Waals surface area (Å²) in [5, 5.41) is 9.42. The van der Waals surface area contributed by atoms with Gasteiger partial charge in [-0.25, -0.2) is 0 Å². The largest absolute Gasteiger partial charge is 0.457 e. The summed E-state index contributed by atoms with van der Waals surface area (Å²) in [6.45, 7) is 5.27. The van der Waals surface area contributed by atoms with Crippen molar-refractivity contribution in [2.45, 2.75) is 206 Å². The average Bonchev–Trinajstić information content (AvgIpc) is 2.96. The topological polar surface area (TPSA) is 55.8 Å². The SMILES string of the molecule is CCCCCCCCCCCCCCCCCCCCCCCCCCOCC(CO)OC(=O)CCCCCC. The smallest absolute Gasteiger partial charge is 0.306 e. The molecule has 0 radical (unpaired) electrons. The molecule has 0 aliphatic heterocycles. The molecule has 0 heterocycles. The van der Waals surface area contributed by atoms with E-state index in [0.717, 1.165) is 32.1 Å². The van der Waals surface area contributed by atoms with Gasteiger partial charge < -0.3 is 14.6 Å². The number of esters is 1. The van der Waals surface area contributed by atoms with Crippen molar-refractivity contribution in [3.05, 3.63) is 0 Å². The van der Waals surface area contributed by atoms with Crippen molar-refractivity contribution in [1.82, 2.24) is 0 Å². The van der Waals surface area contributed by atoms with Gasteiger partial charge in [-0.1, -0.05) is 181 Å². The molecule has 1 N–H and O–H groups in total. The highest BCUT2D eigenvalue weighted by molar-refractivity contribution is 5.69. The Morgan fingerprint density at radius 3 is 1.18 bits per heavy atom. The molecule has 0 aromatic rings. The molecule has 0 saturated carbocycles. The minimum absolute atomic E-state index is 0.167. The van der Waals surface area contributed by atoms with Crippen LogP contribution >= 0.6 is 0 Å². The Kier molecular flexibility index (Phi) is 34.1. The van der Waals surface area contributed by atoms with E-state index in [4.69, 9.17) is 9.47 Å². The summed E-state index contributed by atoms with van der Waals surface area (Å²) in [7, 11) is 0. The first-order valence-electron chi connectivity index (χ1n) is 18.1. The molecule has 0 amide bonds.